The lowest BCUT2D eigenvalue weighted by molar-refractivity contribution is 0.296. The van der Waals surface area contributed by atoms with E-state index in [9.17, 15) is 0 Å². The molecule has 1 aromatic rings. The molecular weight excluding hydrogens is 192 g/mol. The molecule has 0 heterocycles. The van der Waals surface area contributed by atoms with Crippen LogP contribution in [0.25, 0.3) is 0 Å². The normalized spacial score (nSPS) is 16.7. The van der Waals surface area contributed by atoms with Gasteiger partial charge in [0, 0.05) is 5.02 Å². The number of hydrogen-bond donors (Lipinski definition) is 0. The van der Waals surface area contributed by atoms with Crippen molar-refractivity contribution in [1.82, 2.24) is 0 Å². The van der Waals surface area contributed by atoms with E-state index in [4.69, 9.17) is 11.6 Å². The fourth-order valence-corrected chi connectivity index (χ4v) is 2.15. The Balaban J connectivity index is 1.91. The highest BCUT2D eigenvalue weighted by Gasteiger charge is 2.16. The van der Waals surface area contributed by atoms with Gasteiger partial charge >= 0.3 is 0 Å². The summed E-state index contributed by atoms with van der Waals surface area (Å²) < 4.78 is 0. The molecule has 1 aromatic carbocycles. The molecule has 2 rings (SSSR count). The Kier molecular flexibility index (Phi) is 3.12. The lowest BCUT2D eigenvalue weighted by Crippen LogP contribution is -2.11. The molecule has 14 heavy (non-hydrogen) atoms. The SMILES string of the molecule is Cc1ccc(CCC2CCC2)cc1Cl. The maximum atomic E-state index is 6.08. The first-order chi connectivity index (χ1) is 6.75. The third kappa shape index (κ3) is 2.30. The maximum Gasteiger partial charge on any atom is 0.0437 e. The fourth-order valence-electron chi connectivity index (χ4n) is 1.94. The van der Waals surface area contributed by atoms with Crippen LogP contribution in [0, 0.1) is 12.8 Å². The predicted octanol–water partition coefficient (Wildman–Crippen LogP) is 4.38. The Labute approximate surface area is 91.3 Å². The Morgan fingerprint density at radius 1 is 1.36 bits per heavy atom. The van der Waals surface area contributed by atoms with E-state index in [2.05, 4.69) is 25.1 Å². The van der Waals surface area contributed by atoms with Crippen LogP contribution < -0.4 is 0 Å². The van der Waals surface area contributed by atoms with E-state index >= 15 is 0 Å². The molecule has 76 valence electrons. The number of aryl methyl sites for hydroxylation is 2. The van der Waals surface area contributed by atoms with Crippen LogP contribution in [0.3, 0.4) is 0 Å². The average molecular weight is 209 g/mol. The molecule has 0 saturated heterocycles. The molecule has 1 aliphatic rings. The second-order valence-electron chi connectivity index (χ2n) is 4.42. The van der Waals surface area contributed by atoms with E-state index in [0.717, 1.165) is 10.9 Å². The summed E-state index contributed by atoms with van der Waals surface area (Å²) in [6.45, 7) is 2.05. The van der Waals surface area contributed by atoms with Crippen molar-refractivity contribution in [3.05, 3.63) is 34.3 Å². The molecule has 0 radical (unpaired) electrons. The first-order valence-corrected chi connectivity index (χ1v) is 5.88. The molecule has 0 aliphatic heterocycles. The van der Waals surface area contributed by atoms with Crippen LogP contribution in [-0.4, -0.2) is 0 Å². The predicted molar refractivity (Wildman–Crippen MR) is 61.9 cm³/mol. The van der Waals surface area contributed by atoms with Crippen LogP contribution >= 0.6 is 11.6 Å². The third-order valence-corrected chi connectivity index (χ3v) is 3.71. The summed E-state index contributed by atoms with van der Waals surface area (Å²) in [5, 5.41) is 0.913. The van der Waals surface area contributed by atoms with Crippen molar-refractivity contribution >= 4 is 11.6 Å². The van der Waals surface area contributed by atoms with Gasteiger partial charge in [-0.05, 0) is 42.9 Å². The van der Waals surface area contributed by atoms with Crippen molar-refractivity contribution in [2.24, 2.45) is 5.92 Å². The van der Waals surface area contributed by atoms with Gasteiger partial charge in [-0.25, -0.2) is 0 Å². The Morgan fingerprint density at radius 3 is 2.71 bits per heavy atom. The highest BCUT2D eigenvalue weighted by molar-refractivity contribution is 6.31. The second-order valence-corrected chi connectivity index (χ2v) is 4.83. The number of hydrogen-bond acceptors (Lipinski definition) is 0. The van der Waals surface area contributed by atoms with Crippen LogP contribution in [0.1, 0.15) is 36.8 Å². The van der Waals surface area contributed by atoms with Gasteiger partial charge in [0.25, 0.3) is 0 Å². The maximum absolute atomic E-state index is 6.08. The van der Waals surface area contributed by atoms with Crippen molar-refractivity contribution in [3.8, 4) is 0 Å². The third-order valence-electron chi connectivity index (χ3n) is 3.30. The van der Waals surface area contributed by atoms with Gasteiger partial charge in [-0.3, -0.25) is 0 Å². The number of rotatable bonds is 3. The molecule has 0 aromatic heterocycles. The molecule has 1 saturated carbocycles. The van der Waals surface area contributed by atoms with E-state index in [0.29, 0.717) is 0 Å². The minimum Gasteiger partial charge on any atom is -0.0840 e. The van der Waals surface area contributed by atoms with Crippen molar-refractivity contribution in [1.29, 1.82) is 0 Å². The molecule has 0 amide bonds. The second kappa shape index (κ2) is 4.35. The molecule has 0 nitrogen and oxygen atoms in total. The smallest absolute Gasteiger partial charge is 0.0437 e. The van der Waals surface area contributed by atoms with Gasteiger partial charge in [-0.15, -0.1) is 0 Å². The Morgan fingerprint density at radius 2 is 2.14 bits per heavy atom. The summed E-state index contributed by atoms with van der Waals surface area (Å²) in [6.07, 6.45) is 6.88. The van der Waals surface area contributed by atoms with Crippen molar-refractivity contribution in [3.63, 3.8) is 0 Å². The van der Waals surface area contributed by atoms with Gasteiger partial charge < -0.3 is 0 Å². The summed E-state index contributed by atoms with van der Waals surface area (Å²) in [4.78, 5) is 0. The van der Waals surface area contributed by atoms with Crippen LogP contribution in [-0.2, 0) is 6.42 Å². The van der Waals surface area contributed by atoms with Crippen LogP contribution in [0.2, 0.25) is 5.02 Å². The number of benzene rings is 1. The molecule has 0 N–H and O–H groups in total. The zero-order valence-corrected chi connectivity index (χ0v) is 9.48. The molecule has 0 atom stereocenters. The Hall–Kier alpha value is -0.490. The van der Waals surface area contributed by atoms with Gasteiger partial charge in [0.05, 0.1) is 0 Å². The van der Waals surface area contributed by atoms with E-state index in [-0.39, 0.29) is 0 Å². The van der Waals surface area contributed by atoms with E-state index in [1.165, 1.54) is 43.2 Å². The number of halogens is 1. The molecular formula is C13H17Cl. The first-order valence-electron chi connectivity index (χ1n) is 5.51. The van der Waals surface area contributed by atoms with Crippen LogP contribution in [0.15, 0.2) is 18.2 Å². The molecule has 1 heteroatoms. The van der Waals surface area contributed by atoms with E-state index in [1.807, 2.05) is 0 Å². The average Bonchev–Trinajstić information content (AvgIpc) is 2.08. The zero-order chi connectivity index (χ0) is 9.97. The highest BCUT2D eigenvalue weighted by Crippen LogP contribution is 2.30. The lowest BCUT2D eigenvalue weighted by atomic mass is 9.81. The molecule has 0 unspecified atom stereocenters. The van der Waals surface area contributed by atoms with Gasteiger partial charge in [0.1, 0.15) is 0 Å². The zero-order valence-electron chi connectivity index (χ0n) is 8.72. The van der Waals surface area contributed by atoms with Crippen molar-refractivity contribution < 1.29 is 0 Å². The minimum absolute atomic E-state index is 0.913. The van der Waals surface area contributed by atoms with E-state index in [1.54, 1.807) is 0 Å². The summed E-state index contributed by atoms with van der Waals surface area (Å²) in [5.74, 6) is 0.995. The van der Waals surface area contributed by atoms with Gasteiger partial charge in [-0.1, -0.05) is 43.0 Å². The van der Waals surface area contributed by atoms with Crippen molar-refractivity contribution in [2.45, 2.75) is 39.0 Å². The molecule has 0 bridgehead atoms. The molecule has 0 spiro atoms. The minimum atomic E-state index is 0.913. The molecule has 1 aliphatic carbocycles. The summed E-state index contributed by atoms with van der Waals surface area (Å²) in [5.41, 5.74) is 2.58. The largest absolute Gasteiger partial charge is 0.0840 e. The van der Waals surface area contributed by atoms with Gasteiger partial charge in [-0.2, -0.15) is 0 Å². The fraction of sp³-hybridized carbons (Fsp3) is 0.538. The summed E-state index contributed by atoms with van der Waals surface area (Å²) in [6, 6.07) is 6.45. The van der Waals surface area contributed by atoms with E-state index < -0.39 is 0 Å². The topological polar surface area (TPSA) is 0 Å². The summed E-state index contributed by atoms with van der Waals surface area (Å²) in [7, 11) is 0. The summed E-state index contributed by atoms with van der Waals surface area (Å²) >= 11 is 6.08. The monoisotopic (exact) mass is 208 g/mol. The van der Waals surface area contributed by atoms with Gasteiger partial charge in [0.15, 0.2) is 0 Å². The lowest BCUT2D eigenvalue weighted by Gasteiger charge is -2.25. The van der Waals surface area contributed by atoms with Crippen LogP contribution in [0.4, 0.5) is 0 Å². The first kappa shape index (κ1) is 10.0. The molecule has 1 fully saturated rings. The highest BCUT2D eigenvalue weighted by atomic mass is 35.5. The van der Waals surface area contributed by atoms with Gasteiger partial charge in [0.2, 0.25) is 0 Å². The Bertz CT molecular complexity index is 313. The van der Waals surface area contributed by atoms with Crippen molar-refractivity contribution in [2.75, 3.05) is 0 Å². The quantitative estimate of drug-likeness (QED) is 0.692. The standard InChI is InChI=1S/C13H17Cl/c1-10-5-6-12(9-13(10)14)8-7-11-3-2-4-11/h5-6,9,11H,2-4,7-8H2,1H3. The van der Waals surface area contributed by atoms with Crippen LogP contribution in [0.5, 0.6) is 0 Å².